The lowest BCUT2D eigenvalue weighted by Gasteiger charge is -2.26. The van der Waals surface area contributed by atoms with Crippen molar-refractivity contribution in [2.75, 3.05) is 19.4 Å². The third kappa shape index (κ3) is 3.96. The molecule has 1 unspecified atom stereocenters. The Bertz CT molecular complexity index is 397. The number of nitrogens with zero attached hydrogens (tertiary/aromatic N) is 2. The van der Waals surface area contributed by atoms with Crippen LogP contribution in [0.2, 0.25) is 0 Å². The van der Waals surface area contributed by atoms with Crippen LogP contribution in [0.5, 0.6) is 0 Å². The molecule has 1 heterocycles. The van der Waals surface area contributed by atoms with E-state index in [2.05, 4.69) is 15.3 Å². The largest absolute Gasteiger partial charge is 0.468 e. The van der Waals surface area contributed by atoms with Gasteiger partial charge in [0.15, 0.2) is 5.16 Å². The number of nitrogens with one attached hydrogen (secondary N) is 1. The van der Waals surface area contributed by atoms with E-state index < -0.39 is 5.54 Å². The van der Waals surface area contributed by atoms with Gasteiger partial charge >= 0.3 is 5.97 Å². The Labute approximate surface area is 112 Å². The first-order chi connectivity index (χ1) is 8.51. The van der Waals surface area contributed by atoms with E-state index in [1.807, 2.05) is 20.8 Å². The molecule has 0 aliphatic carbocycles. The van der Waals surface area contributed by atoms with Gasteiger partial charge in [0.1, 0.15) is 5.54 Å². The predicted octanol–water partition coefficient (Wildman–Crippen LogP) is 1.42. The lowest BCUT2D eigenvalue weighted by atomic mass is 10.1. The van der Waals surface area contributed by atoms with Crippen LogP contribution in [0.4, 0.5) is 0 Å². The number of rotatable bonds is 6. The Balaban J connectivity index is 2.67. The summed E-state index contributed by atoms with van der Waals surface area (Å²) in [7, 11) is 1.39. The molecule has 0 radical (unpaired) electrons. The molecule has 0 aliphatic rings. The Hall–Kier alpha value is -1.14. The number of carbonyl (C=O) groups is 1. The molecule has 0 aliphatic heterocycles. The maximum atomic E-state index is 11.8. The number of ether oxygens (including phenoxy) is 1. The van der Waals surface area contributed by atoms with Crippen molar-refractivity contribution in [3.8, 4) is 0 Å². The fraction of sp³-hybridized carbons (Fsp3) is 0.583. The Morgan fingerprint density at radius 2 is 2.11 bits per heavy atom. The molecule has 18 heavy (non-hydrogen) atoms. The lowest BCUT2D eigenvalue weighted by molar-refractivity contribution is -0.146. The minimum atomic E-state index is -0.720. The number of aryl methyl sites for hydroxylation is 1. The van der Waals surface area contributed by atoms with Crippen LogP contribution < -0.4 is 5.32 Å². The van der Waals surface area contributed by atoms with Crippen molar-refractivity contribution < 1.29 is 9.53 Å². The van der Waals surface area contributed by atoms with Crippen molar-refractivity contribution in [3.05, 3.63) is 18.0 Å². The van der Waals surface area contributed by atoms with Gasteiger partial charge in [-0.2, -0.15) is 0 Å². The molecular formula is C12H19N3O2S. The van der Waals surface area contributed by atoms with Crippen LogP contribution in [0.3, 0.4) is 0 Å². The van der Waals surface area contributed by atoms with Gasteiger partial charge in [0.2, 0.25) is 0 Å². The average Bonchev–Trinajstić information content (AvgIpc) is 2.37. The highest BCUT2D eigenvalue weighted by molar-refractivity contribution is 7.99. The second kappa shape index (κ2) is 6.70. The van der Waals surface area contributed by atoms with E-state index >= 15 is 0 Å². The maximum absolute atomic E-state index is 11.8. The van der Waals surface area contributed by atoms with Gasteiger partial charge in [-0.15, -0.1) is 0 Å². The van der Waals surface area contributed by atoms with Crippen LogP contribution in [-0.2, 0) is 9.53 Å². The summed E-state index contributed by atoms with van der Waals surface area (Å²) in [5, 5.41) is 3.80. The second-order valence-electron chi connectivity index (χ2n) is 4.19. The molecule has 0 amide bonds. The first-order valence-corrected chi connectivity index (χ1v) is 6.75. The molecule has 1 atom stereocenters. The minimum Gasteiger partial charge on any atom is -0.468 e. The Morgan fingerprint density at radius 1 is 1.50 bits per heavy atom. The molecule has 0 fully saturated rings. The summed E-state index contributed by atoms with van der Waals surface area (Å²) in [5.41, 5.74) is 0.296. The SMILES string of the molecule is CCNC(C)(CSc1ncc(C)cn1)C(=O)OC. The van der Waals surface area contributed by atoms with Crippen LogP contribution in [0.25, 0.3) is 0 Å². The summed E-state index contributed by atoms with van der Waals surface area (Å²) < 4.78 is 4.82. The van der Waals surface area contributed by atoms with Gasteiger partial charge < -0.3 is 10.1 Å². The molecule has 0 aromatic carbocycles. The number of hydrogen-bond acceptors (Lipinski definition) is 6. The highest BCUT2D eigenvalue weighted by Crippen LogP contribution is 2.20. The van der Waals surface area contributed by atoms with Crippen LogP contribution >= 0.6 is 11.8 Å². The summed E-state index contributed by atoms with van der Waals surface area (Å²) >= 11 is 1.43. The predicted molar refractivity (Wildman–Crippen MR) is 71.6 cm³/mol. The number of thioether (sulfide) groups is 1. The third-order valence-corrected chi connectivity index (χ3v) is 3.64. The third-order valence-electron chi connectivity index (χ3n) is 2.45. The molecule has 0 spiro atoms. The van der Waals surface area contributed by atoms with Crippen molar-refractivity contribution in [3.63, 3.8) is 0 Å². The van der Waals surface area contributed by atoms with E-state index in [1.165, 1.54) is 18.9 Å². The van der Waals surface area contributed by atoms with E-state index in [0.717, 1.165) is 5.56 Å². The van der Waals surface area contributed by atoms with Crippen molar-refractivity contribution >= 4 is 17.7 Å². The maximum Gasteiger partial charge on any atom is 0.326 e. The average molecular weight is 269 g/mol. The molecule has 5 nitrogen and oxygen atoms in total. The Kier molecular flexibility index (Phi) is 5.55. The quantitative estimate of drug-likeness (QED) is 0.479. The van der Waals surface area contributed by atoms with E-state index in [9.17, 15) is 4.79 Å². The number of esters is 1. The summed E-state index contributed by atoms with van der Waals surface area (Å²) in [4.78, 5) is 20.2. The number of aromatic nitrogens is 2. The van der Waals surface area contributed by atoms with Crippen molar-refractivity contribution in [1.82, 2.24) is 15.3 Å². The molecule has 1 N–H and O–H groups in total. The first kappa shape index (κ1) is 14.9. The van der Waals surface area contributed by atoms with Crippen LogP contribution in [0.1, 0.15) is 19.4 Å². The van der Waals surface area contributed by atoms with Crippen LogP contribution in [-0.4, -0.2) is 40.9 Å². The molecule has 100 valence electrons. The Morgan fingerprint density at radius 3 is 2.61 bits per heavy atom. The fourth-order valence-corrected chi connectivity index (χ4v) is 2.35. The van der Waals surface area contributed by atoms with E-state index in [4.69, 9.17) is 4.74 Å². The van der Waals surface area contributed by atoms with Gasteiger partial charge in [-0.3, -0.25) is 4.79 Å². The van der Waals surface area contributed by atoms with Gasteiger partial charge in [0, 0.05) is 18.1 Å². The van der Waals surface area contributed by atoms with E-state index in [0.29, 0.717) is 17.5 Å². The number of hydrogen-bond donors (Lipinski definition) is 1. The van der Waals surface area contributed by atoms with E-state index in [-0.39, 0.29) is 5.97 Å². The molecule has 0 bridgehead atoms. The topological polar surface area (TPSA) is 64.1 Å². The van der Waals surface area contributed by atoms with Gasteiger partial charge in [-0.25, -0.2) is 9.97 Å². The zero-order chi connectivity index (χ0) is 13.6. The smallest absolute Gasteiger partial charge is 0.326 e. The monoisotopic (exact) mass is 269 g/mol. The summed E-state index contributed by atoms with van der Waals surface area (Å²) in [5.74, 6) is 0.250. The molecule has 1 aromatic rings. The normalized spacial score (nSPS) is 14.0. The van der Waals surface area contributed by atoms with Gasteiger partial charge in [0.05, 0.1) is 7.11 Å². The molecule has 1 rings (SSSR count). The van der Waals surface area contributed by atoms with Crippen molar-refractivity contribution in [1.29, 1.82) is 0 Å². The van der Waals surface area contributed by atoms with Crippen molar-refractivity contribution in [2.24, 2.45) is 0 Å². The van der Waals surface area contributed by atoms with Gasteiger partial charge in [-0.05, 0) is 26.0 Å². The lowest BCUT2D eigenvalue weighted by Crippen LogP contribution is -2.52. The zero-order valence-electron chi connectivity index (χ0n) is 11.2. The molecule has 1 aromatic heterocycles. The van der Waals surface area contributed by atoms with Crippen LogP contribution in [0.15, 0.2) is 17.6 Å². The minimum absolute atomic E-state index is 0.274. The van der Waals surface area contributed by atoms with Gasteiger partial charge in [-0.1, -0.05) is 18.7 Å². The van der Waals surface area contributed by atoms with Crippen LogP contribution in [0, 0.1) is 6.92 Å². The van der Waals surface area contributed by atoms with Gasteiger partial charge in [0.25, 0.3) is 0 Å². The highest BCUT2D eigenvalue weighted by Gasteiger charge is 2.33. The molecular weight excluding hydrogens is 250 g/mol. The number of carbonyl (C=O) groups excluding carboxylic acids is 1. The summed E-state index contributed by atoms with van der Waals surface area (Å²) in [6.45, 7) is 6.41. The molecule has 6 heteroatoms. The van der Waals surface area contributed by atoms with E-state index in [1.54, 1.807) is 12.4 Å². The summed E-state index contributed by atoms with van der Waals surface area (Å²) in [6.07, 6.45) is 3.52. The summed E-state index contributed by atoms with van der Waals surface area (Å²) in [6, 6.07) is 0. The highest BCUT2D eigenvalue weighted by atomic mass is 32.2. The fourth-order valence-electron chi connectivity index (χ4n) is 1.46. The van der Waals surface area contributed by atoms with Crippen molar-refractivity contribution in [2.45, 2.75) is 31.5 Å². The zero-order valence-corrected chi connectivity index (χ0v) is 12.0. The standard InChI is InChI=1S/C12H19N3O2S/c1-5-15-12(3,10(16)17-4)8-18-11-13-6-9(2)7-14-11/h6-7,15H,5,8H2,1-4H3. The number of likely N-dealkylation sites (N-methyl/N-ethyl adjacent to an activating group) is 1. The first-order valence-electron chi connectivity index (χ1n) is 5.76. The number of methoxy groups -OCH3 is 1. The molecule has 0 saturated heterocycles. The second-order valence-corrected chi connectivity index (χ2v) is 5.13. The molecule has 0 saturated carbocycles.